The van der Waals surface area contributed by atoms with Crippen molar-refractivity contribution in [3.8, 4) is 16.8 Å². The molecular formula is C22H19N3O3S. The molecule has 0 atom stereocenters. The molecule has 29 heavy (non-hydrogen) atoms. The van der Waals surface area contributed by atoms with Crippen LogP contribution < -0.4 is 5.56 Å². The first-order valence-corrected chi connectivity index (χ1v) is 10.2. The molecule has 0 aliphatic rings. The highest BCUT2D eigenvalue weighted by atomic mass is 32.2. The molecule has 0 radical (unpaired) electrons. The molecular weight excluding hydrogens is 386 g/mol. The van der Waals surface area contributed by atoms with Crippen LogP contribution in [-0.2, 0) is 9.53 Å². The number of esters is 1. The van der Waals surface area contributed by atoms with Gasteiger partial charge in [-0.3, -0.25) is 14.2 Å². The van der Waals surface area contributed by atoms with Gasteiger partial charge >= 0.3 is 5.97 Å². The summed E-state index contributed by atoms with van der Waals surface area (Å²) < 4.78 is 6.55. The molecule has 0 aliphatic heterocycles. The Morgan fingerprint density at radius 2 is 1.79 bits per heavy atom. The summed E-state index contributed by atoms with van der Waals surface area (Å²) in [5, 5.41) is 0.443. The van der Waals surface area contributed by atoms with E-state index in [1.165, 1.54) is 16.3 Å². The summed E-state index contributed by atoms with van der Waals surface area (Å²) in [4.78, 5) is 33.1. The molecule has 4 rings (SSSR count). The molecule has 6 nitrogen and oxygen atoms in total. The van der Waals surface area contributed by atoms with E-state index in [0.717, 1.165) is 11.1 Å². The van der Waals surface area contributed by atoms with Gasteiger partial charge in [0.1, 0.15) is 11.0 Å². The van der Waals surface area contributed by atoms with E-state index in [1.807, 2.05) is 60.7 Å². The second-order valence-corrected chi connectivity index (χ2v) is 7.20. The maximum absolute atomic E-state index is 13.3. The lowest BCUT2D eigenvalue weighted by molar-refractivity contribution is -0.139. The number of ether oxygens (including phenoxy) is 1. The molecule has 7 heteroatoms. The highest BCUT2D eigenvalue weighted by Gasteiger charge is 2.18. The molecule has 2 heterocycles. The maximum atomic E-state index is 13.3. The number of H-pyrrole nitrogens is 1. The van der Waals surface area contributed by atoms with Gasteiger partial charge in [0.05, 0.1) is 18.0 Å². The van der Waals surface area contributed by atoms with Gasteiger partial charge in [0.2, 0.25) is 0 Å². The molecule has 0 spiro atoms. The number of fused-ring (bicyclic) bond motifs is 1. The fraction of sp³-hybridized carbons (Fsp3) is 0.136. The molecule has 0 saturated carbocycles. The Kier molecular flexibility index (Phi) is 5.48. The normalized spacial score (nSPS) is 10.9. The second kappa shape index (κ2) is 8.36. The van der Waals surface area contributed by atoms with Crippen molar-refractivity contribution >= 4 is 28.8 Å². The number of rotatable bonds is 6. The van der Waals surface area contributed by atoms with Crippen LogP contribution in [0.2, 0.25) is 0 Å². The number of aromatic amines is 1. The number of carbonyl (C=O) groups is 1. The summed E-state index contributed by atoms with van der Waals surface area (Å²) in [5.41, 5.74) is 3.29. The van der Waals surface area contributed by atoms with Crippen molar-refractivity contribution in [2.24, 2.45) is 0 Å². The Morgan fingerprint density at radius 3 is 2.48 bits per heavy atom. The quantitative estimate of drug-likeness (QED) is 0.298. The lowest BCUT2D eigenvalue weighted by Crippen LogP contribution is -2.22. The Bertz CT molecular complexity index is 1200. The number of nitrogens with one attached hydrogen (secondary N) is 1. The summed E-state index contributed by atoms with van der Waals surface area (Å²) in [6, 6.07) is 19.0. The van der Waals surface area contributed by atoms with E-state index in [0.29, 0.717) is 28.5 Å². The van der Waals surface area contributed by atoms with Crippen molar-refractivity contribution in [2.45, 2.75) is 12.1 Å². The van der Waals surface area contributed by atoms with Crippen LogP contribution >= 0.6 is 11.8 Å². The van der Waals surface area contributed by atoms with Gasteiger partial charge in [0, 0.05) is 11.8 Å². The van der Waals surface area contributed by atoms with Crippen LogP contribution in [0.3, 0.4) is 0 Å². The van der Waals surface area contributed by atoms with Crippen LogP contribution in [0.15, 0.2) is 76.8 Å². The zero-order chi connectivity index (χ0) is 20.2. The van der Waals surface area contributed by atoms with Crippen molar-refractivity contribution in [3.63, 3.8) is 0 Å². The molecule has 0 amide bonds. The average Bonchev–Trinajstić information content (AvgIpc) is 3.18. The summed E-state index contributed by atoms with van der Waals surface area (Å²) in [5.74, 6) is -0.271. The van der Waals surface area contributed by atoms with Gasteiger partial charge in [-0.1, -0.05) is 60.3 Å². The van der Waals surface area contributed by atoms with Crippen LogP contribution in [0.1, 0.15) is 6.92 Å². The Balaban J connectivity index is 1.88. The lowest BCUT2D eigenvalue weighted by atomic mass is 10.1. The summed E-state index contributed by atoms with van der Waals surface area (Å²) in [7, 11) is 0. The van der Waals surface area contributed by atoms with E-state index >= 15 is 0 Å². The predicted molar refractivity (Wildman–Crippen MR) is 114 cm³/mol. The van der Waals surface area contributed by atoms with E-state index in [1.54, 1.807) is 13.1 Å². The zero-order valence-electron chi connectivity index (χ0n) is 15.8. The smallest absolute Gasteiger partial charge is 0.316 e. The number of thioether (sulfide) groups is 1. The third-order valence-corrected chi connectivity index (χ3v) is 5.30. The molecule has 0 aliphatic carbocycles. The summed E-state index contributed by atoms with van der Waals surface area (Å²) in [6.07, 6.45) is 1.80. The van der Waals surface area contributed by atoms with E-state index in [4.69, 9.17) is 9.72 Å². The molecule has 0 unspecified atom stereocenters. The Hall–Kier alpha value is -3.32. The van der Waals surface area contributed by atoms with E-state index < -0.39 is 0 Å². The number of hydrogen-bond donors (Lipinski definition) is 1. The van der Waals surface area contributed by atoms with Crippen molar-refractivity contribution < 1.29 is 9.53 Å². The topological polar surface area (TPSA) is 77.0 Å². The molecule has 0 bridgehead atoms. The molecule has 0 saturated heterocycles. The highest BCUT2D eigenvalue weighted by Crippen LogP contribution is 2.28. The van der Waals surface area contributed by atoms with Crippen LogP contribution in [0.5, 0.6) is 0 Å². The first-order chi connectivity index (χ1) is 14.2. The van der Waals surface area contributed by atoms with Gasteiger partial charge in [-0.25, -0.2) is 4.98 Å². The minimum absolute atomic E-state index is 0.0731. The van der Waals surface area contributed by atoms with Crippen molar-refractivity contribution in [2.75, 3.05) is 12.4 Å². The fourth-order valence-electron chi connectivity index (χ4n) is 3.10. The summed E-state index contributed by atoms with van der Waals surface area (Å²) in [6.45, 7) is 2.08. The Labute approximate surface area is 171 Å². The highest BCUT2D eigenvalue weighted by molar-refractivity contribution is 7.99. The van der Waals surface area contributed by atoms with Gasteiger partial charge in [0.15, 0.2) is 5.16 Å². The maximum Gasteiger partial charge on any atom is 0.316 e. The van der Waals surface area contributed by atoms with E-state index in [9.17, 15) is 9.59 Å². The minimum Gasteiger partial charge on any atom is -0.465 e. The molecule has 2 aromatic heterocycles. The van der Waals surface area contributed by atoms with Gasteiger partial charge in [0.25, 0.3) is 5.56 Å². The van der Waals surface area contributed by atoms with Gasteiger partial charge in [-0.15, -0.1) is 0 Å². The number of carbonyl (C=O) groups excluding carboxylic acids is 1. The zero-order valence-corrected chi connectivity index (χ0v) is 16.6. The Morgan fingerprint density at radius 1 is 1.10 bits per heavy atom. The van der Waals surface area contributed by atoms with Crippen molar-refractivity contribution in [1.82, 2.24) is 14.5 Å². The second-order valence-electron chi connectivity index (χ2n) is 6.26. The number of nitrogens with zero attached hydrogens (tertiary/aromatic N) is 2. The third-order valence-electron chi connectivity index (χ3n) is 4.39. The molecule has 146 valence electrons. The van der Waals surface area contributed by atoms with Crippen molar-refractivity contribution in [3.05, 3.63) is 77.2 Å². The fourth-order valence-corrected chi connectivity index (χ4v) is 3.91. The first kappa shape index (κ1) is 19.0. The largest absolute Gasteiger partial charge is 0.465 e. The minimum atomic E-state index is -0.344. The van der Waals surface area contributed by atoms with Gasteiger partial charge in [-0.2, -0.15) is 0 Å². The van der Waals surface area contributed by atoms with Crippen LogP contribution in [0.4, 0.5) is 0 Å². The number of para-hydroxylation sites is 1. The van der Waals surface area contributed by atoms with Crippen molar-refractivity contribution in [1.29, 1.82) is 0 Å². The standard InChI is InChI=1S/C22H19N3O3S/c1-2-28-18(26)14-29-22-24-19-17(15-9-5-3-6-10-15)13-23-20(19)21(27)25(22)16-11-7-4-8-12-16/h3-13,23H,2,14H2,1H3. The van der Waals surface area contributed by atoms with Gasteiger partial charge < -0.3 is 9.72 Å². The lowest BCUT2D eigenvalue weighted by Gasteiger charge is -2.12. The average molecular weight is 405 g/mol. The third kappa shape index (κ3) is 3.82. The molecule has 4 aromatic rings. The number of aromatic nitrogens is 3. The molecule has 2 aromatic carbocycles. The predicted octanol–water partition coefficient (Wildman–Crippen LogP) is 4.04. The number of benzene rings is 2. The van der Waals surface area contributed by atoms with Crippen LogP contribution in [0, 0.1) is 0 Å². The van der Waals surface area contributed by atoms with Gasteiger partial charge in [-0.05, 0) is 24.6 Å². The van der Waals surface area contributed by atoms with E-state index in [2.05, 4.69) is 4.98 Å². The van der Waals surface area contributed by atoms with Crippen LogP contribution in [0.25, 0.3) is 27.8 Å². The SMILES string of the molecule is CCOC(=O)CSc1nc2c(-c3ccccc3)c[nH]c2c(=O)n1-c1ccccc1. The van der Waals surface area contributed by atoms with Crippen LogP contribution in [-0.4, -0.2) is 32.9 Å². The van der Waals surface area contributed by atoms with E-state index in [-0.39, 0.29) is 17.3 Å². The monoisotopic (exact) mass is 405 g/mol. The molecule has 0 fully saturated rings. The first-order valence-electron chi connectivity index (χ1n) is 9.22. The summed E-state index contributed by atoms with van der Waals surface area (Å²) >= 11 is 1.19. The number of hydrogen-bond acceptors (Lipinski definition) is 5. The molecule has 1 N–H and O–H groups in total.